The van der Waals surface area contributed by atoms with E-state index in [1.807, 2.05) is 44.3 Å². The largest absolute Gasteiger partial charge is 0.481 e. The first-order chi connectivity index (χ1) is 15.8. The van der Waals surface area contributed by atoms with Crippen LogP contribution in [0.15, 0.2) is 42.5 Å². The summed E-state index contributed by atoms with van der Waals surface area (Å²) in [6.07, 6.45) is 6.35. The third-order valence-corrected chi connectivity index (χ3v) is 6.65. The molecule has 0 amide bonds. The lowest BCUT2D eigenvalue weighted by atomic mass is 9.94. The van der Waals surface area contributed by atoms with Crippen LogP contribution >= 0.6 is 23.2 Å². The van der Waals surface area contributed by atoms with Crippen molar-refractivity contribution in [2.45, 2.75) is 58.3 Å². The van der Waals surface area contributed by atoms with E-state index in [1.54, 1.807) is 0 Å². The summed E-state index contributed by atoms with van der Waals surface area (Å²) in [4.78, 5) is 24.3. The Morgan fingerprint density at radius 3 is 2.21 bits per heavy atom. The number of Topliss-reactive ketones (excluding diaryl/α,β-unsaturated/α-hetero) is 1. The molecule has 0 spiro atoms. The molecule has 0 saturated carbocycles. The van der Waals surface area contributed by atoms with Crippen LogP contribution in [0.3, 0.4) is 0 Å². The van der Waals surface area contributed by atoms with E-state index >= 15 is 0 Å². The van der Waals surface area contributed by atoms with Gasteiger partial charge in [0.2, 0.25) is 0 Å². The highest BCUT2D eigenvalue weighted by atomic mass is 35.5. The van der Waals surface area contributed by atoms with Crippen molar-refractivity contribution in [2.24, 2.45) is 13.0 Å². The van der Waals surface area contributed by atoms with Crippen molar-refractivity contribution >= 4 is 45.9 Å². The molecule has 2 aromatic carbocycles. The summed E-state index contributed by atoms with van der Waals surface area (Å²) in [5, 5.41) is 11.3. The fourth-order valence-electron chi connectivity index (χ4n) is 4.49. The van der Waals surface area contributed by atoms with Crippen molar-refractivity contribution in [1.82, 2.24) is 4.57 Å². The quantitative estimate of drug-likeness (QED) is 0.212. The number of carbonyl (C=O) groups is 2. The molecule has 4 nitrogen and oxygen atoms in total. The average Bonchev–Trinajstić information content (AvgIpc) is 3.02. The second kappa shape index (κ2) is 11.7. The van der Waals surface area contributed by atoms with Gasteiger partial charge in [-0.15, -0.1) is 0 Å². The molecule has 33 heavy (non-hydrogen) atoms. The maximum atomic E-state index is 13.3. The maximum absolute atomic E-state index is 13.3. The first-order valence-corrected chi connectivity index (χ1v) is 12.3. The van der Waals surface area contributed by atoms with Crippen LogP contribution in [0.2, 0.25) is 10.0 Å². The van der Waals surface area contributed by atoms with Crippen LogP contribution in [-0.4, -0.2) is 21.4 Å². The lowest BCUT2D eigenvalue weighted by Gasteiger charge is -2.11. The Labute approximate surface area is 205 Å². The predicted molar refractivity (Wildman–Crippen MR) is 136 cm³/mol. The van der Waals surface area contributed by atoms with Gasteiger partial charge in [0.05, 0.1) is 0 Å². The molecule has 0 bridgehead atoms. The number of fused-ring (bicyclic) bond motifs is 1. The van der Waals surface area contributed by atoms with Gasteiger partial charge in [-0.05, 0) is 67.5 Å². The van der Waals surface area contributed by atoms with Crippen LogP contribution in [0.5, 0.6) is 0 Å². The topological polar surface area (TPSA) is 59.3 Å². The minimum absolute atomic E-state index is 0.00523. The van der Waals surface area contributed by atoms with E-state index in [0.29, 0.717) is 10.6 Å². The number of hydrogen-bond acceptors (Lipinski definition) is 2. The number of aryl methyl sites for hydroxylation is 2. The number of nitrogens with zero attached hydrogens (tertiary/aromatic N) is 1. The number of unbranched alkanes of at least 4 members (excludes halogenated alkanes) is 3. The molecular formula is C27H31Cl2NO3. The van der Waals surface area contributed by atoms with E-state index in [9.17, 15) is 9.59 Å². The fourth-order valence-corrected chi connectivity index (χ4v) is 4.79. The van der Waals surface area contributed by atoms with Gasteiger partial charge in [0.15, 0.2) is 5.78 Å². The van der Waals surface area contributed by atoms with Crippen LogP contribution in [0.4, 0.5) is 0 Å². The maximum Gasteiger partial charge on any atom is 0.303 e. The van der Waals surface area contributed by atoms with E-state index < -0.39 is 5.97 Å². The number of benzene rings is 2. The zero-order valence-electron chi connectivity index (χ0n) is 19.2. The van der Waals surface area contributed by atoms with Gasteiger partial charge in [0, 0.05) is 52.1 Å². The van der Waals surface area contributed by atoms with Crippen LogP contribution in [-0.2, 0) is 24.7 Å². The standard InChI is InChI=1S/C27H31Cl2NO3/c1-18(16-26(32)33)15-25(31)27-22-17-21(29)13-14-23(22)30(2)24(27)8-6-4-3-5-7-19-9-11-20(28)12-10-19/h9-14,17-18H,3-8,15-16H2,1-2H3,(H,32,33). The number of carboxylic acids is 1. The molecule has 0 aliphatic rings. The highest BCUT2D eigenvalue weighted by Crippen LogP contribution is 2.31. The van der Waals surface area contributed by atoms with E-state index in [1.165, 1.54) is 5.56 Å². The van der Waals surface area contributed by atoms with Gasteiger partial charge >= 0.3 is 5.97 Å². The summed E-state index contributed by atoms with van der Waals surface area (Å²) >= 11 is 12.2. The van der Waals surface area contributed by atoms with Crippen LogP contribution < -0.4 is 0 Å². The minimum Gasteiger partial charge on any atom is -0.481 e. The number of halogens is 2. The molecule has 176 valence electrons. The highest BCUT2D eigenvalue weighted by molar-refractivity contribution is 6.31. The van der Waals surface area contributed by atoms with Crippen LogP contribution in [0, 0.1) is 5.92 Å². The van der Waals surface area contributed by atoms with Gasteiger partial charge in [0.25, 0.3) is 0 Å². The summed E-state index contributed by atoms with van der Waals surface area (Å²) in [6.45, 7) is 1.81. The zero-order valence-corrected chi connectivity index (χ0v) is 20.8. The van der Waals surface area contributed by atoms with E-state index in [0.717, 1.165) is 60.1 Å². The Morgan fingerprint density at radius 1 is 0.909 bits per heavy atom. The van der Waals surface area contributed by atoms with Gasteiger partial charge in [-0.3, -0.25) is 9.59 Å². The molecule has 0 aliphatic heterocycles. The lowest BCUT2D eigenvalue weighted by molar-refractivity contribution is -0.137. The van der Waals surface area contributed by atoms with E-state index in [2.05, 4.69) is 16.7 Å². The molecule has 6 heteroatoms. The van der Waals surface area contributed by atoms with Crippen molar-refractivity contribution in [2.75, 3.05) is 0 Å². The molecule has 3 rings (SSSR count). The normalized spacial score (nSPS) is 12.2. The van der Waals surface area contributed by atoms with Crippen molar-refractivity contribution in [3.63, 3.8) is 0 Å². The molecule has 0 aliphatic carbocycles. The molecule has 0 fully saturated rings. The van der Waals surface area contributed by atoms with Gasteiger partial charge in [0.1, 0.15) is 0 Å². The number of carbonyl (C=O) groups excluding carboxylic acids is 1. The zero-order chi connectivity index (χ0) is 24.0. The van der Waals surface area contributed by atoms with Crippen molar-refractivity contribution < 1.29 is 14.7 Å². The number of carboxylic acid groups (broad SMARTS) is 1. The Bertz CT molecular complexity index is 1120. The van der Waals surface area contributed by atoms with Crippen molar-refractivity contribution in [1.29, 1.82) is 0 Å². The van der Waals surface area contributed by atoms with Gasteiger partial charge in [-0.2, -0.15) is 0 Å². The van der Waals surface area contributed by atoms with Gasteiger partial charge in [-0.25, -0.2) is 0 Å². The van der Waals surface area contributed by atoms with Gasteiger partial charge in [-0.1, -0.05) is 55.1 Å². The summed E-state index contributed by atoms with van der Waals surface area (Å²) in [5.74, 6) is -1.10. The minimum atomic E-state index is -0.880. The Morgan fingerprint density at radius 2 is 1.55 bits per heavy atom. The number of aliphatic carboxylic acids is 1. The molecule has 0 saturated heterocycles. The first-order valence-electron chi connectivity index (χ1n) is 11.5. The molecule has 1 unspecified atom stereocenters. The summed E-state index contributed by atoms with van der Waals surface area (Å²) in [5.41, 5.74) is 3.99. The Kier molecular flexibility index (Phi) is 8.99. The Balaban J connectivity index is 1.67. The highest BCUT2D eigenvalue weighted by Gasteiger charge is 2.23. The van der Waals surface area contributed by atoms with E-state index in [-0.39, 0.29) is 24.5 Å². The van der Waals surface area contributed by atoms with Crippen molar-refractivity contribution in [3.8, 4) is 0 Å². The summed E-state index contributed by atoms with van der Waals surface area (Å²) in [7, 11) is 1.99. The first kappa shape index (κ1) is 25.3. The lowest BCUT2D eigenvalue weighted by Crippen LogP contribution is -2.12. The molecular weight excluding hydrogens is 457 g/mol. The molecule has 0 radical (unpaired) electrons. The van der Waals surface area contributed by atoms with Crippen LogP contribution in [0.1, 0.15) is 67.1 Å². The summed E-state index contributed by atoms with van der Waals surface area (Å²) in [6, 6.07) is 13.6. The Hall–Kier alpha value is -2.30. The second-order valence-corrected chi connectivity index (χ2v) is 9.79. The number of hydrogen-bond donors (Lipinski definition) is 1. The number of rotatable bonds is 12. The number of ketones is 1. The average molecular weight is 488 g/mol. The monoisotopic (exact) mass is 487 g/mol. The SMILES string of the molecule is CC(CC(=O)O)CC(=O)c1c(CCCCCCc2ccc(Cl)cc2)n(C)c2ccc(Cl)cc12. The smallest absolute Gasteiger partial charge is 0.303 e. The fraction of sp³-hybridized carbons (Fsp3) is 0.407. The number of aromatic nitrogens is 1. The molecule has 3 aromatic rings. The molecule has 1 aromatic heterocycles. The van der Waals surface area contributed by atoms with E-state index in [4.69, 9.17) is 28.3 Å². The third kappa shape index (κ3) is 6.84. The molecule has 1 N–H and O–H groups in total. The second-order valence-electron chi connectivity index (χ2n) is 8.91. The summed E-state index contributed by atoms with van der Waals surface area (Å²) < 4.78 is 2.09. The molecule has 1 atom stereocenters. The molecule has 1 heterocycles. The van der Waals surface area contributed by atoms with Gasteiger partial charge < -0.3 is 9.67 Å². The van der Waals surface area contributed by atoms with Crippen molar-refractivity contribution in [3.05, 3.63) is 69.3 Å². The third-order valence-electron chi connectivity index (χ3n) is 6.16. The predicted octanol–water partition coefficient (Wildman–Crippen LogP) is 7.51. The van der Waals surface area contributed by atoms with Crippen LogP contribution in [0.25, 0.3) is 10.9 Å².